The topological polar surface area (TPSA) is 30.5 Å². The van der Waals surface area contributed by atoms with E-state index in [4.69, 9.17) is 9.47 Å². The number of hydrogen-bond donors (Lipinski definition) is 1. The highest BCUT2D eigenvalue weighted by molar-refractivity contribution is 7.12. The number of ether oxygens (including phenoxy) is 2. The summed E-state index contributed by atoms with van der Waals surface area (Å²) >= 11 is 1.69. The molecule has 0 fully saturated rings. The summed E-state index contributed by atoms with van der Waals surface area (Å²) in [5.74, 6) is 0.619. The number of nitrogens with one attached hydrogen (secondary N) is 1. The molecule has 3 nitrogen and oxygen atoms in total. The Balaban J connectivity index is 2.46. The fourth-order valence-electron chi connectivity index (χ4n) is 2.28. The monoisotopic (exact) mass is 309 g/mol. The van der Waals surface area contributed by atoms with Gasteiger partial charge in [0.2, 0.25) is 0 Å². The van der Waals surface area contributed by atoms with Gasteiger partial charge >= 0.3 is 0 Å². The molecule has 0 saturated heterocycles. The van der Waals surface area contributed by atoms with Gasteiger partial charge in [-0.3, -0.25) is 0 Å². The molecule has 2 rings (SSSR count). The van der Waals surface area contributed by atoms with E-state index in [2.05, 4.69) is 18.3 Å². The van der Waals surface area contributed by atoms with Crippen LogP contribution < -0.4 is 14.8 Å². The third-order valence-corrected chi connectivity index (χ3v) is 4.71. The van der Waals surface area contributed by atoms with Crippen molar-refractivity contribution in [2.45, 2.75) is 19.4 Å². The van der Waals surface area contributed by atoms with Gasteiger partial charge in [0.1, 0.15) is 5.82 Å². The second kappa shape index (κ2) is 6.91. The Bertz CT molecular complexity index is 612. The van der Waals surface area contributed by atoms with E-state index in [0.717, 1.165) is 11.3 Å². The molecule has 0 aliphatic carbocycles. The smallest absolute Gasteiger partial charge is 0.163 e. The maximum Gasteiger partial charge on any atom is 0.163 e. The first-order chi connectivity index (χ1) is 10.1. The average molecular weight is 309 g/mol. The van der Waals surface area contributed by atoms with E-state index in [1.807, 2.05) is 13.1 Å². The predicted molar refractivity (Wildman–Crippen MR) is 84.1 cm³/mol. The Labute approximate surface area is 128 Å². The van der Waals surface area contributed by atoms with Gasteiger partial charge < -0.3 is 14.8 Å². The number of halogens is 1. The minimum Gasteiger partial charge on any atom is -0.493 e. The summed E-state index contributed by atoms with van der Waals surface area (Å²) in [6.07, 6.45) is 0.982. The average Bonchev–Trinajstić information content (AvgIpc) is 2.98. The highest BCUT2D eigenvalue weighted by Crippen LogP contribution is 2.36. The predicted octanol–water partition coefficient (Wildman–Crippen LogP) is 3.78. The van der Waals surface area contributed by atoms with Crippen molar-refractivity contribution in [3.63, 3.8) is 0 Å². The molecular formula is C16H20FNO2S. The lowest BCUT2D eigenvalue weighted by atomic mass is 10.0. The minimum atomic E-state index is -0.307. The molecule has 1 atom stereocenters. The molecule has 0 spiro atoms. The molecule has 21 heavy (non-hydrogen) atoms. The van der Waals surface area contributed by atoms with Crippen LogP contribution in [-0.2, 0) is 6.42 Å². The van der Waals surface area contributed by atoms with Crippen LogP contribution in [0.25, 0.3) is 0 Å². The van der Waals surface area contributed by atoms with Gasteiger partial charge in [0.25, 0.3) is 0 Å². The second-order valence-electron chi connectivity index (χ2n) is 4.61. The second-order valence-corrected chi connectivity index (χ2v) is 5.81. The number of methoxy groups -OCH3 is 2. The maximum absolute atomic E-state index is 14.4. The molecule has 1 N–H and O–H groups in total. The van der Waals surface area contributed by atoms with Crippen LogP contribution in [0.5, 0.6) is 11.5 Å². The molecule has 0 aliphatic heterocycles. The standard InChI is InChI=1S/C16H20FNO2S/c1-5-10-6-7-15(21-10)16(18-2)11-8-13(19-3)14(20-4)9-12(11)17/h6-9,16,18H,5H2,1-4H3. The van der Waals surface area contributed by atoms with Crippen molar-refractivity contribution in [2.75, 3.05) is 21.3 Å². The Morgan fingerprint density at radius 3 is 2.38 bits per heavy atom. The molecule has 1 aromatic carbocycles. The fourth-order valence-corrected chi connectivity index (χ4v) is 3.36. The summed E-state index contributed by atoms with van der Waals surface area (Å²) in [7, 11) is 4.87. The van der Waals surface area contributed by atoms with E-state index in [1.54, 1.807) is 24.5 Å². The highest BCUT2D eigenvalue weighted by Gasteiger charge is 2.21. The first-order valence-electron chi connectivity index (χ1n) is 6.81. The number of benzene rings is 1. The summed E-state index contributed by atoms with van der Waals surface area (Å²) in [6, 6.07) is 6.99. The van der Waals surface area contributed by atoms with Crippen LogP contribution in [-0.4, -0.2) is 21.3 Å². The third kappa shape index (κ3) is 3.19. The van der Waals surface area contributed by atoms with Crippen LogP contribution in [0.3, 0.4) is 0 Å². The van der Waals surface area contributed by atoms with Gasteiger partial charge in [0.05, 0.1) is 20.3 Å². The fraction of sp³-hybridized carbons (Fsp3) is 0.375. The molecule has 0 bridgehead atoms. The molecule has 0 radical (unpaired) electrons. The van der Waals surface area contributed by atoms with Gasteiger partial charge in [0.15, 0.2) is 11.5 Å². The molecule has 1 unspecified atom stereocenters. The number of thiophene rings is 1. The van der Waals surface area contributed by atoms with E-state index >= 15 is 0 Å². The Morgan fingerprint density at radius 1 is 1.19 bits per heavy atom. The van der Waals surface area contributed by atoms with Crippen LogP contribution in [0.4, 0.5) is 4.39 Å². The van der Waals surface area contributed by atoms with Crippen molar-refractivity contribution in [2.24, 2.45) is 0 Å². The summed E-state index contributed by atoms with van der Waals surface area (Å²) in [6.45, 7) is 2.11. The quantitative estimate of drug-likeness (QED) is 0.881. The van der Waals surface area contributed by atoms with E-state index in [-0.39, 0.29) is 11.9 Å². The Morgan fingerprint density at radius 2 is 1.86 bits per heavy atom. The zero-order valence-corrected chi connectivity index (χ0v) is 13.5. The third-order valence-electron chi connectivity index (χ3n) is 3.42. The molecule has 1 heterocycles. The van der Waals surface area contributed by atoms with Crippen LogP contribution in [0, 0.1) is 5.82 Å². The molecular weight excluding hydrogens is 289 g/mol. The van der Waals surface area contributed by atoms with Crippen molar-refractivity contribution in [1.82, 2.24) is 5.32 Å². The van der Waals surface area contributed by atoms with Crippen molar-refractivity contribution < 1.29 is 13.9 Å². The van der Waals surface area contributed by atoms with Gasteiger partial charge in [-0.05, 0) is 31.7 Å². The van der Waals surface area contributed by atoms with Crippen LogP contribution in [0.15, 0.2) is 24.3 Å². The SMILES string of the molecule is CCc1ccc(C(NC)c2cc(OC)c(OC)cc2F)s1. The molecule has 0 saturated carbocycles. The number of rotatable bonds is 6. The molecule has 0 aliphatic rings. The normalized spacial score (nSPS) is 12.2. The lowest BCUT2D eigenvalue weighted by Crippen LogP contribution is -2.18. The van der Waals surface area contributed by atoms with Crippen molar-refractivity contribution >= 4 is 11.3 Å². The first kappa shape index (κ1) is 15.8. The van der Waals surface area contributed by atoms with E-state index in [9.17, 15) is 4.39 Å². The summed E-state index contributed by atoms with van der Waals surface area (Å²) in [4.78, 5) is 2.37. The Hall–Kier alpha value is -1.59. The lowest BCUT2D eigenvalue weighted by Gasteiger charge is -2.18. The van der Waals surface area contributed by atoms with Crippen molar-refractivity contribution in [1.29, 1.82) is 0 Å². The summed E-state index contributed by atoms with van der Waals surface area (Å²) in [5.41, 5.74) is 0.555. The summed E-state index contributed by atoms with van der Waals surface area (Å²) in [5, 5.41) is 3.18. The Kier molecular flexibility index (Phi) is 5.20. The van der Waals surface area contributed by atoms with Crippen molar-refractivity contribution in [3.8, 4) is 11.5 Å². The first-order valence-corrected chi connectivity index (χ1v) is 7.63. The lowest BCUT2D eigenvalue weighted by molar-refractivity contribution is 0.351. The van der Waals surface area contributed by atoms with Crippen LogP contribution in [0.1, 0.15) is 28.3 Å². The number of aryl methyl sites for hydroxylation is 1. The zero-order chi connectivity index (χ0) is 15.4. The maximum atomic E-state index is 14.4. The highest BCUT2D eigenvalue weighted by atomic mass is 32.1. The zero-order valence-electron chi connectivity index (χ0n) is 12.7. The van der Waals surface area contributed by atoms with E-state index in [1.165, 1.54) is 18.1 Å². The van der Waals surface area contributed by atoms with Gasteiger partial charge in [0, 0.05) is 21.4 Å². The molecule has 0 amide bonds. The minimum absolute atomic E-state index is 0.199. The van der Waals surface area contributed by atoms with Crippen LogP contribution in [0.2, 0.25) is 0 Å². The molecule has 1 aromatic heterocycles. The van der Waals surface area contributed by atoms with Gasteiger partial charge in [-0.2, -0.15) is 0 Å². The van der Waals surface area contributed by atoms with Crippen molar-refractivity contribution in [3.05, 3.63) is 45.4 Å². The molecule has 114 valence electrons. The molecule has 5 heteroatoms. The van der Waals surface area contributed by atoms with Crippen LogP contribution >= 0.6 is 11.3 Å². The summed E-state index contributed by atoms with van der Waals surface area (Å²) < 4.78 is 24.8. The number of hydrogen-bond acceptors (Lipinski definition) is 4. The van der Waals surface area contributed by atoms with Gasteiger partial charge in [-0.15, -0.1) is 11.3 Å². The van der Waals surface area contributed by atoms with E-state index < -0.39 is 0 Å². The van der Waals surface area contributed by atoms with Gasteiger partial charge in [-0.1, -0.05) is 6.92 Å². The van der Waals surface area contributed by atoms with Gasteiger partial charge in [-0.25, -0.2) is 4.39 Å². The van der Waals surface area contributed by atoms with E-state index in [0.29, 0.717) is 17.1 Å². The largest absolute Gasteiger partial charge is 0.493 e. The molecule has 2 aromatic rings.